The average Bonchev–Trinajstić information content (AvgIpc) is 3.80. The quantitative estimate of drug-likeness (QED) is 0.161. The van der Waals surface area contributed by atoms with Crippen LogP contribution in [-0.4, -0.2) is 9.55 Å². The van der Waals surface area contributed by atoms with E-state index in [1.807, 2.05) is 0 Å². The molecule has 270 valence electrons. The first-order valence-corrected chi connectivity index (χ1v) is 20.1. The van der Waals surface area contributed by atoms with Crippen LogP contribution in [0.4, 0.5) is 0 Å². The Labute approximate surface area is 336 Å². The van der Waals surface area contributed by atoms with E-state index in [0.717, 1.165) is 27.8 Å². The van der Waals surface area contributed by atoms with Crippen molar-refractivity contribution in [2.45, 2.75) is 5.41 Å². The zero-order valence-electron chi connectivity index (χ0n) is 31.7. The molecule has 2 heterocycles. The first kappa shape index (κ1) is 32.7. The molecule has 0 amide bonds. The van der Waals surface area contributed by atoms with Gasteiger partial charge in [-0.3, -0.25) is 0 Å². The highest BCUT2D eigenvalue weighted by Crippen LogP contribution is 2.56. The predicted molar refractivity (Wildman–Crippen MR) is 242 cm³/mol. The van der Waals surface area contributed by atoms with Gasteiger partial charge in [-0.1, -0.05) is 188 Å². The summed E-state index contributed by atoms with van der Waals surface area (Å²) in [6.45, 7) is 0. The molecular weight excluding hydrogens is 701 g/mol. The van der Waals surface area contributed by atoms with Gasteiger partial charge in [-0.05, 0) is 80.2 Å². The Bertz CT molecular complexity index is 3320. The third-order valence-electron chi connectivity index (χ3n) is 12.5. The molecule has 0 fully saturated rings. The van der Waals surface area contributed by atoms with Crippen molar-refractivity contribution >= 4 is 43.5 Å². The molecule has 0 aliphatic heterocycles. The van der Waals surface area contributed by atoms with Crippen LogP contribution in [0.1, 0.15) is 22.3 Å². The predicted octanol–water partition coefficient (Wildman–Crippen LogP) is 14.2. The number of nitrogens with zero attached hydrogens (tertiary/aromatic N) is 2. The topological polar surface area (TPSA) is 17.8 Å². The third-order valence-corrected chi connectivity index (χ3v) is 12.5. The summed E-state index contributed by atoms with van der Waals surface area (Å²) in [5.74, 6) is 0. The molecule has 1 aliphatic carbocycles. The first-order valence-electron chi connectivity index (χ1n) is 20.1. The number of rotatable bonds is 5. The lowest BCUT2D eigenvalue weighted by Crippen LogP contribution is -2.28. The monoisotopic (exact) mass is 736 g/mol. The summed E-state index contributed by atoms with van der Waals surface area (Å²) < 4.78 is 2.45. The molecule has 2 heteroatoms. The number of para-hydroxylation sites is 2. The van der Waals surface area contributed by atoms with Crippen molar-refractivity contribution < 1.29 is 0 Å². The molecule has 9 aromatic carbocycles. The lowest BCUT2D eigenvalue weighted by molar-refractivity contribution is 0.769. The van der Waals surface area contributed by atoms with Gasteiger partial charge in [0.05, 0.1) is 27.7 Å². The second kappa shape index (κ2) is 12.7. The minimum atomic E-state index is -0.441. The minimum absolute atomic E-state index is 0.441. The van der Waals surface area contributed by atoms with Gasteiger partial charge in [0, 0.05) is 32.8 Å². The Morgan fingerprint density at radius 3 is 1.72 bits per heavy atom. The molecule has 11 aromatic rings. The molecule has 0 radical (unpaired) electrons. The Morgan fingerprint density at radius 1 is 0.379 bits per heavy atom. The molecule has 0 atom stereocenters. The van der Waals surface area contributed by atoms with E-state index in [2.05, 4.69) is 223 Å². The van der Waals surface area contributed by atoms with Crippen molar-refractivity contribution in [1.29, 1.82) is 0 Å². The third kappa shape index (κ3) is 4.63. The van der Waals surface area contributed by atoms with Crippen molar-refractivity contribution in [3.8, 4) is 39.2 Å². The molecular formula is C56H36N2. The van der Waals surface area contributed by atoms with Crippen LogP contribution in [0.3, 0.4) is 0 Å². The second-order valence-electron chi connectivity index (χ2n) is 15.4. The standard InChI is InChI=1S/C56H36N2/c1-4-16-38(17-5-1)54-53-47(45-23-11-14-26-51(45)57-54)34-35-48-46-24-12-15-27-52(46)58(55(48)53)42-31-28-37(29-32-42)39-30-33-44-43-22-10-13-25-49(43)56(50(44)36-39,40-18-6-2-7-19-40)41-20-8-3-9-21-41/h1-36H. The number of pyridine rings is 1. The average molecular weight is 737 g/mol. The van der Waals surface area contributed by atoms with Crippen LogP contribution in [0, 0.1) is 0 Å². The molecule has 12 rings (SSSR count). The van der Waals surface area contributed by atoms with Crippen molar-refractivity contribution in [3.05, 3.63) is 241 Å². The highest BCUT2D eigenvalue weighted by Gasteiger charge is 2.46. The first-order chi connectivity index (χ1) is 28.8. The Balaban J connectivity index is 1.08. The molecule has 2 aromatic heterocycles. The molecule has 0 saturated carbocycles. The molecule has 0 unspecified atom stereocenters. The lowest BCUT2D eigenvalue weighted by Gasteiger charge is -2.34. The largest absolute Gasteiger partial charge is 0.309 e. The number of aromatic nitrogens is 2. The van der Waals surface area contributed by atoms with Crippen LogP contribution in [0.25, 0.3) is 82.7 Å². The maximum Gasteiger partial charge on any atom is 0.0809 e. The molecule has 0 bridgehead atoms. The van der Waals surface area contributed by atoms with Crippen LogP contribution in [0.5, 0.6) is 0 Å². The summed E-state index contributed by atoms with van der Waals surface area (Å²) in [5, 5.41) is 5.98. The normalized spacial score (nSPS) is 13.0. The number of benzene rings is 9. The zero-order valence-corrected chi connectivity index (χ0v) is 31.7. The van der Waals surface area contributed by atoms with E-state index in [1.54, 1.807) is 0 Å². The molecule has 0 N–H and O–H groups in total. The Kier molecular flexibility index (Phi) is 7.18. The fourth-order valence-electron chi connectivity index (χ4n) is 10.00. The molecule has 1 aliphatic rings. The highest BCUT2D eigenvalue weighted by atomic mass is 15.0. The van der Waals surface area contributed by atoms with Gasteiger partial charge in [-0.2, -0.15) is 0 Å². The SMILES string of the molecule is c1ccc(-c2nc3ccccc3c3ccc4c5ccccc5n(-c5ccc(-c6ccc7c(c6)C(c6ccccc6)(c6ccccc6)c6ccccc6-7)cc5)c4c23)cc1. The van der Waals surface area contributed by atoms with Crippen LogP contribution >= 0.6 is 0 Å². The fraction of sp³-hybridized carbons (Fsp3) is 0.0179. The van der Waals surface area contributed by atoms with E-state index >= 15 is 0 Å². The fourth-order valence-corrected chi connectivity index (χ4v) is 10.00. The van der Waals surface area contributed by atoms with Gasteiger partial charge in [0.15, 0.2) is 0 Å². The van der Waals surface area contributed by atoms with Crippen LogP contribution in [-0.2, 0) is 5.41 Å². The summed E-state index contributed by atoms with van der Waals surface area (Å²) in [6, 6.07) is 79.8. The Hall–Kier alpha value is -7.55. The summed E-state index contributed by atoms with van der Waals surface area (Å²) >= 11 is 0. The number of fused-ring (bicyclic) bond motifs is 10. The van der Waals surface area contributed by atoms with Gasteiger partial charge >= 0.3 is 0 Å². The smallest absolute Gasteiger partial charge is 0.0809 e. The van der Waals surface area contributed by atoms with E-state index in [-0.39, 0.29) is 0 Å². The molecule has 58 heavy (non-hydrogen) atoms. The van der Waals surface area contributed by atoms with Crippen molar-refractivity contribution in [1.82, 2.24) is 9.55 Å². The van der Waals surface area contributed by atoms with Gasteiger partial charge in [0.1, 0.15) is 0 Å². The number of hydrogen-bond acceptors (Lipinski definition) is 1. The van der Waals surface area contributed by atoms with Crippen LogP contribution in [0.15, 0.2) is 218 Å². The maximum atomic E-state index is 5.37. The van der Waals surface area contributed by atoms with Gasteiger partial charge in [-0.15, -0.1) is 0 Å². The van der Waals surface area contributed by atoms with E-state index < -0.39 is 5.41 Å². The van der Waals surface area contributed by atoms with Gasteiger partial charge in [-0.25, -0.2) is 4.98 Å². The van der Waals surface area contributed by atoms with E-state index in [9.17, 15) is 0 Å². The summed E-state index contributed by atoms with van der Waals surface area (Å²) in [5.41, 5.74) is 16.3. The highest BCUT2D eigenvalue weighted by molar-refractivity contribution is 6.25. The minimum Gasteiger partial charge on any atom is -0.309 e. The lowest BCUT2D eigenvalue weighted by atomic mass is 9.67. The van der Waals surface area contributed by atoms with Crippen LogP contribution in [0.2, 0.25) is 0 Å². The van der Waals surface area contributed by atoms with Gasteiger partial charge < -0.3 is 4.57 Å². The van der Waals surface area contributed by atoms with E-state index in [1.165, 1.54) is 77.1 Å². The van der Waals surface area contributed by atoms with Crippen molar-refractivity contribution in [2.75, 3.05) is 0 Å². The Morgan fingerprint density at radius 2 is 0.966 bits per heavy atom. The van der Waals surface area contributed by atoms with Crippen molar-refractivity contribution in [3.63, 3.8) is 0 Å². The van der Waals surface area contributed by atoms with Crippen molar-refractivity contribution in [2.24, 2.45) is 0 Å². The maximum absolute atomic E-state index is 5.37. The molecule has 0 saturated heterocycles. The van der Waals surface area contributed by atoms with E-state index in [0.29, 0.717) is 0 Å². The van der Waals surface area contributed by atoms with Gasteiger partial charge in [0.25, 0.3) is 0 Å². The number of hydrogen-bond donors (Lipinski definition) is 0. The zero-order chi connectivity index (χ0) is 38.2. The summed E-state index contributed by atoms with van der Waals surface area (Å²) in [4.78, 5) is 5.37. The summed E-state index contributed by atoms with van der Waals surface area (Å²) in [6.07, 6.45) is 0. The summed E-state index contributed by atoms with van der Waals surface area (Å²) in [7, 11) is 0. The second-order valence-corrected chi connectivity index (χ2v) is 15.4. The van der Waals surface area contributed by atoms with Crippen LogP contribution < -0.4 is 0 Å². The van der Waals surface area contributed by atoms with E-state index in [4.69, 9.17) is 4.98 Å². The molecule has 2 nitrogen and oxygen atoms in total. The van der Waals surface area contributed by atoms with Gasteiger partial charge in [0.2, 0.25) is 0 Å². The molecule has 0 spiro atoms.